The SMILES string of the molecule is C[C@@H](OC(=O)c1cccc(CN2C(=O)c3ccccc3C2=O)c1)C(=O)NC1CCCCC1. The Hall–Kier alpha value is -3.48. The number of ether oxygens (including phenoxy) is 1. The molecule has 1 N–H and O–H groups in total. The van der Waals surface area contributed by atoms with Gasteiger partial charge in [0.1, 0.15) is 0 Å². The second-order valence-electron chi connectivity index (χ2n) is 8.33. The number of nitrogens with zero attached hydrogens (tertiary/aromatic N) is 1. The minimum absolute atomic E-state index is 0.0468. The summed E-state index contributed by atoms with van der Waals surface area (Å²) < 4.78 is 5.36. The molecule has 1 heterocycles. The third-order valence-electron chi connectivity index (χ3n) is 5.99. The van der Waals surface area contributed by atoms with Crippen LogP contribution < -0.4 is 5.32 Å². The van der Waals surface area contributed by atoms with E-state index in [1.807, 2.05) is 0 Å². The molecule has 0 spiro atoms. The average molecular weight is 434 g/mol. The van der Waals surface area contributed by atoms with Crippen LogP contribution in [0.5, 0.6) is 0 Å². The van der Waals surface area contributed by atoms with Crippen molar-refractivity contribution in [1.82, 2.24) is 10.2 Å². The monoisotopic (exact) mass is 434 g/mol. The lowest BCUT2D eigenvalue weighted by molar-refractivity contribution is -0.130. The van der Waals surface area contributed by atoms with Crippen LogP contribution in [-0.2, 0) is 16.1 Å². The summed E-state index contributed by atoms with van der Waals surface area (Å²) in [5.41, 5.74) is 1.64. The zero-order valence-corrected chi connectivity index (χ0v) is 18.0. The quantitative estimate of drug-likeness (QED) is 0.555. The number of carbonyl (C=O) groups is 4. The first-order valence-corrected chi connectivity index (χ1v) is 11.0. The molecule has 0 bridgehead atoms. The molecule has 0 aromatic heterocycles. The fourth-order valence-electron chi connectivity index (χ4n) is 4.21. The van der Waals surface area contributed by atoms with Crippen LogP contribution in [0.2, 0.25) is 0 Å². The highest BCUT2D eigenvalue weighted by Gasteiger charge is 2.35. The smallest absolute Gasteiger partial charge is 0.338 e. The second kappa shape index (κ2) is 9.34. The van der Waals surface area contributed by atoms with Crippen molar-refractivity contribution in [2.45, 2.75) is 57.7 Å². The topological polar surface area (TPSA) is 92.8 Å². The van der Waals surface area contributed by atoms with Gasteiger partial charge < -0.3 is 10.1 Å². The number of benzene rings is 2. The summed E-state index contributed by atoms with van der Waals surface area (Å²) in [5.74, 6) is -1.63. The van der Waals surface area contributed by atoms with Crippen LogP contribution in [0.1, 0.15) is 75.7 Å². The van der Waals surface area contributed by atoms with E-state index in [1.54, 1.807) is 55.5 Å². The molecular formula is C25H26N2O5. The number of hydrogen-bond acceptors (Lipinski definition) is 5. The minimum atomic E-state index is -0.913. The van der Waals surface area contributed by atoms with Gasteiger partial charge >= 0.3 is 5.97 Å². The molecule has 7 heteroatoms. The predicted molar refractivity (Wildman–Crippen MR) is 117 cm³/mol. The maximum atomic E-state index is 12.6. The number of hydrogen-bond donors (Lipinski definition) is 1. The first-order chi connectivity index (χ1) is 15.4. The number of fused-ring (bicyclic) bond motifs is 1. The van der Waals surface area contributed by atoms with Crippen molar-refractivity contribution in [3.63, 3.8) is 0 Å². The molecule has 2 aromatic rings. The summed E-state index contributed by atoms with van der Waals surface area (Å²) in [4.78, 5) is 51.3. The van der Waals surface area contributed by atoms with Gasteiger partial charge in [0.2, 0.25) is 0 Å². The molecule has 1 aliphatic carbocycles. The number of amides is 3. The van der Waals surface area contributed by atoms with E-state index in [9.17, 15) is 19.2 Å². The van der Waals surface area contributed by atoms with Crippen molar-refractivity contribution in [2.24, 2.45) is 0 Å². The van der Waals surface area contributed by atoms with E-state index in [2.05, 4.69) is 5.32 Å². The highest BCUT2D eigenvalue weighted by Crippen LogP contribution is 2.24. The van der Waals surface area contributed by atoms with Crippen LogP contribution in [0.25, 0.3) is 0 Å². The van der Waals surface area contributed by atoms with Crippen molar-refractivity contribution in [3.05, 3.63) is 70.8 Å². The molecule has 166 valence electrons. The number of carbonyl (C=O) groups excluding carboxylic acids is 4. The fraction of sp³-hybridized carbons (Fsp3) is 0.360. The average Bonchev–Trinajstić information content (AvgIpc) is 3.05. The molecule has 0 saturated heterocycles. The van der Waals surface area contributed by atoms with Gasteiger partial charge in [-0.15, -0.1) is 0 Å². The second-order valence-corrected chi connectivity index (χ2v) is 8.33. The molecule has 32 heavy (non-hydrogen) atoms. The third kappa shape index (κ3) is 4.56. The van der Waals surface area contributed by atoms with Gasteiger partial charge in [-0.3, -0.25) is 19.3 Å². The minimum Gasteiger partial charge on any atom is -0.449 e. The standard InChI is InChI=1S/C25H26N2O5/c1-16(22(28)26-19-10-3-2-4-11-19)32-25(31)18-9-7-8-17(14-18)15-27-23(29)20-12-5-6-13-21(20)24(27)30/h5-9,12-14,16,19H,2-4,10-11,15H2,1H3,(H,26,28)/t16-/m1/s1. The normalized spacial score (nSPS) is 17.1. The van der Waals surface area contributed by atoms with E-state index >= 15 is 0 Å². The zero-order valence-electron chi connectivity index (χ0n) is 18.0. The van der Waals surface area contributed by atoms with Gasteiger partial charge in [-0.25, -0.2) is 4.79 Å². The fourth-order valence-corrected chi connectivity index (χ4v) is 4.21. The molecule has 2 aliphatic rings. The van der Waals surface area contributed by atoms with Gasteiger partial charge in [0.05, 0.1) is 23.2 Å². The Bertz CT molecular complexity index is 1020. The van der Waals surface area contributed by atoms with Gasteiger partial charge in [0.15, 0.2) is 6.10 Å². The van der Waals surface area contributed by atoms with Crippen LogP contribution in [0.3, 0.4) is 0 Å². The van der Waals surface area contributed by atoms with Crippen molar-refractivity contribution in [3.8, 4) is 0 Å². The Morgan fingerprint density at radius 2 is 1.66 bits per heavy atom. The van der Waals surface area contributed by atoms with E-state index < -0.39 is 12.1 Å². The Labute approximate surface area is 186 Å². The zero-order chi connectivity index (χ0) is 22.7. The van der Waals surface area contributed by atoms with Crippen LogP contribution in [0.15, 0.2) is 48.5 Å². The lowest BCUT2D eigenvalue weighted by atomic mass is 9.95. The van der Waals surface area contributed by atoms with E-state index in [4.69, 9.17) is 4.74 Å². The van der Waals surface area contributed by atoms with Crippen LogP contribution in [-0.4, -0.2) is 40.7 Å². The van der Waals surface area contributed by atoms with Crippen LogP contribution in [0, 0.1) is 0 Å². The maximum absolute atomic E-state index is 12.6. The van der Waals surface area contributed by atoms with E-state index in [1.165, 1.54) is 6.42 Å². The molecule has 1 saturated carbocycles. The van der Waals surface area contributed by atoms with Gasteiger partial charge in [-0.2, -0.15) is 0 Å². The molecule has 1 atom stereocenters. The molecule has 1 fully saturated rings. The molecule has 0 radical (unpaired) electrons. The number of imide groups is 1. The Morgan fingerprint density at radius 3 is 2.31 bits per heavy atom. The molecule has 4 rings (SSSR count). The summed E-state index contributed by atoms with van der Waals surface area (Å²) in [6.45, 7) is 1.60. The summed E-state index contributed by atoms with van der Waals surface area (Å²) in [6, 6.07) is 13.4. The van der Waals surface area contributed by atoms with E-state index in [0.29, 0.717) is 16.7 Å². The van der Waals surface area contributed by atoms with Crippen molar-refractivity contribution < 1.29 is 23.9 Å². The maximum Gasteiger partial charge on any atom is 0.338 e. The summed E-state index contributed by atoms with van der Waals surface area (Å²) in [6.07, 6.45) is 4.37. The number of rotatable bonds is 6. The van der Waals surface area contributed by atoms with Gasteiger partial charge in [0.25, 0.3) is 17.7 Å². The number of nitrogens with one attached hydrogen (secondary N) is 1. The molecule has 2 aromatic carbocycles. The largest absolute Gasteiger partial charge is 0.449 e. The number of esters is 1. The predicted octanol–water partition coefficient (Wildman–Crippen LogP) is 3.48. The summed E-state index contributed by atoms with van der Waals surface area (Å²) >= 11 is 0. The van der Waals surface area contributed by atoms with Crippen LogP contribution in [0.4, 0.5) is 0 Å². The van der Waals surface area contributed by atoms with E-state index in [0.717, 1.165) is 30.6 Å². The molecule has 0 unspecified atom stereocenters. The Morgan fingerprint density at radius 1 is 1.00 bits per heavy atom. The first kappa shape index (κ1) is 21.7. The van der Waals surface area contributed by atoms with Crippen molar-refractivity contribution in [2.75, 3.05) is 0 Å². The van der Waals surface area contributed by atoms with Gasteiger partial charge in [-0.05, 0) is 49.6 Å². The lowest BCUT2D eigenvalue weighted by Gasteiger charge is -2.24. The van der Waals surface area contributed by atoms with Crippen LogP contribution >= 0.6 is 0 Å². The molecule has 7 nitrogen and oxygen atoms in total. The molecular weight excluding hydrogens is 408 g/mol. The molecule has 1 aliphatic heterocycles. The Kier molecular flexibility index (Phi) is 6.35. The van der Waals surface area contributed by atoms with Crippen molar-refractivity contribution >= 4 is 23.7 Å². The highest BCUT2D eigenvalue weighted by molar-refractivity contribution is 6.21. The lowest BCUT2D eigenvalue weighted by Crippen LogP contribution is -2.42. The van der Waals surface area contributed by atoms with Crippen molar-refractivity contribution in [1.29, 1.82) is 0 Å². The van der Waals surface area contributed by atoms with Gasteiger partial charge in [-0.1, -0.05) is 43.5 Å². The summed E-state index contributed by atoms with van der Waals surface area (Å²) in [5, 5.41) is 2.96. The Balaban J connectivity index is 1.38. The highest BCUT2D eigenvalue weighted by atomic mass is 16.5. The van der Waals surface area contributed by atoms with Gasteiger partial charge in [0, 0.05) is 6.04 Å². The summed E-state index contributed by atoms with van der Waals surface area (Å²) in [7, 11) is 0. The third-order valence-corrected chi connectivity index (χ3v) is 5.99. The van der Waals surface area contributed by atoms with E-state index in [-0.39, 0.29) is 35.9 Å². The molecule has 3 amide bonds. The first-order valence-electron chi connectivity index (χ1n) is 11.0.